The van der Waals surface area contributed by atoms with Crippen LogP contribution in [0.4, 0.5) is 0 Å². The maximum Gasteiger partial charge on any atom is 0.254 e. The summed E-state index contributed by atoms with van der Waals surface area (Å²) >= 11 is 0. The SMILES string of the molecule is CCCN(CCC)C(=O)c1ccn2cc(C)nc2c1. The first-order valence-corrected chi connectivity index (χ1v) is 6.90. The average Bonchev–Trinajstić information content (AvgIpc) is 2.76. The van der Waals surface area contributed by atoms with Crippen LogP contribution in [0.3, 0.4) is 0 Å². The molecule has 0 saturated heterocycles. The van der Waals surface area contributed by atoms with Crippen molar-refractivity contribution in [1.29, 1.82) is 0 Å². The van der Waals surface area contributed by atoms with Gasteiger partial charge in [0.25, 0.3) is 5.91 Å². The Balaban J connectivity index is 2.28. The molecule has 2 aromatic heterocycles. The van der Waals surface area contributed by atoms with E-state index in [4.69, 9.17) is 0 Å². The lowest BCUT2D eigenvalue weighted by Crippen LogP contribution is -2.32. The summed E-state index contributed by atoms with van der Waals surface area (Å²) in [5.41, 5.74) is 2.51. The summed E-state index contributed by atoms with van der Waals surface area (Å²) in [5, 5.41) is 0. The molecule has 0 aliphatic heterocycles. The van der Waals surface area contributed by atoms with Gasteiger partial charge in [0.15, 0.2) is 0 Å². The number of hydrogen-bond donors (Lipinski definition) is 0. The van der Waals surface area contributed by atoms with Crippen LogP contribution in [-0.2, 0) is 0 Å². The van der Waals surface area contributed by atoms with Crippen LogP contribution in [0.5, 0.6) is 0 Å². The Morgan fingerprint density at radius 3 is 2.63 bits per heavy atom. The van der Waals surface area contributed by atoms with Gasteiger partial charge >= 0.3 is 0 Å². The molecule has 19 heavy (non-hydrogen) atoms. The summed E-state index contributed by atoms with van der Waals surface area (Å²) in [5.74, 6) is 0.104. The van der Waals surface area contributed by atoms with Crippen LogP contribution in [0.1, 0.15) is 42.7 Å². The molecule has 4 nitrogen and oxygen atoms in total. The summed E-state index contributed by atoms with van der Waals surface area (Å²) in [4.78, 5) is 18.8. The minimum absolute atomic E-state index is 0.104. The normalized spacial score (nSPS) is 10.9. The minimum atomic E-state index is 0.104. The Bertz CT molecular complexity index is 568. The van der Waals surface area contributed by atoms with E-state index in [2.05, 4.69) is 18.8 Å². The quantitative estimate of drug-likeness (QED) is 0.828. The topological polar surface area (TPSA) is 37.6 Å². The lowest BCUT2D eigenvalue weighted by molar-refractivity contribution is 0.0755. The molecule has 0 N–H and O–H groups in total. The van der Waals surface area contributed by atoms with Crippen LogP contribution in [-0.4, -0.2) is 33.3 Å². The number of fused-ring (bicyclic) bond motifs is 1. The first-order chi connectivity index (χ1) is 9.15. The Kier molecular flexibility index (Phi) is 4.20. The first kappa shape index (κ1) is 13.6. The van der Waals surface area contributed by atoms with Gasteiger partial charge in [0.1, 0.15) is 5.65 Å². The van der Waals surface area contributed by atoms with Crippen LogP contribution in [0.25, 0.3) is 5.65 Å². The number of hydrogen-bond acceptors (Lipinski definition) is 2. The second-order valence-corrected chi connectivity index (χ2v) is 4.86. The van der Waals surface area contributed by atoms with Crippen LogP contribution in [0.2, 0.25) is 0 Å². The third-order valence-corrected chi connectivity index (χ3v) is 3.10. The fourth-order valence-corrected chi connectivity index (χ4v) is 2.28. The van der Waals surface area contributed by atoms with Crippen LogP contribution >= 0.6 is 0 Å². The summed E-state index contributed by atoms with van der Waals surface area (Å²) in [6.45, 7) is 7.76. The van der Waals surface area contributed by atoms with Gasteiger partial charge in [-0.2, -0.15) is 0 Å². The van der Waals surface area contributed by atoms with Gasteiger partial charge in [0.05, 0.1) is 5.69 Å². The van der Waals surface area contributed by atoms with E-state index >= 15 is 0 Å². The van der Waals surface area contributed by atoms with Gasteiger partial charge in [0.2, 0.25) is 0 Å². The molecule has 0 saturated carbocycles. The van der Waals surface area contributed by atoms with E-state index in [1.165, 1.54) is 0 Å². The highest BCUT2D eigenvalue weighted by Crippen LogP contribution is 2.11. The molecular weight excluding hydrogens is 238 g/mol. The van der Waals surface area contributed by atoms with E-state index in [0.717, 1.165) is 42.8 Å². The van der Waals surface area contributed by atoms with E-state index in [1.54, 1.807) is 0 Å². The van der Waals surface area contributed by atoms with Crippen molar-refractivity contribution in [3.05, 3.63) is 35.8 Å². The van der Waals surface area contributed by atoms with Crippen molar-refractivity contribution in [3.8, 4) is 0 Å². The molecule has 0 fully saturated rings. The van der Waals surface area contributed by atoms with Crippen molar-refractivity contribution in [3.63, 3.8) is 0 Å². The van der Waals surface area contributed by atoms with Gasteiger partial charge in [-0.25, -0.2) is 4.98 Å². The largest absolute Gasteiger partial charge is 0.339 e. The molecule has 1 amide bonds. The minimum Gasteiger partial charge on any atom is -0.339 e. The molecule has 0 radical (unpaired) electrons. The average molecular weight is 259 g/mol. The van der Waals surface area contributed by atoms with E-state index in [-0.39, 0.29) is 5.91 Å². The number of rotatable bonds is 5. The molecule has 0 bridgehead atoms. The fraction of sp³-hybridized carbons (Fsp3) is 0.467. The lowest BCUT2D eigenvalue weighted by Gasteiger charge is -2.21. The molecular formula is C15H21N3O. The number of imidazole rings is 1. The zero-order valence-corrected chi connectivity index (χ0v) is 11.9. The van der Waals surface area contributed by atoms with Gasteiger partial charge in [-0.05, 0) is 31.9 Å². The Labute approximate surface area is 114 Å². The molecule has 0 aliphatic rings. The van der Waals surface area contributed by atoms with Crippen LogP contribution in [0, 0.1) is 6.92 Å². The second-order valence-electron chi connectivity index (χ2n) is 4.86. The van der Waals surface area contributed by atoms with E-state index in [9.17, 15) is 4.79 Å². The number of carbonyl (C=O) groups is 1. The highest BCUT2D eigenvalue weighted by molar-refractivity contribution is 5.95. The Morgan fingerprint density at radius 1 is 1.32 bits per heavy atom. The highest BCUT2D eigenvalue weighted by atomic mass is 16.2. The van der Waals surface area contributed by atoms with Crippen molar-refractivity contribution < 1.29 is 4.79 Å². The summed E-state index contributed by atoms with van der Waals surface area (Å²) in [6, 6.07) is 3.74. The van der Waals surface area contributed by atoms with E-state index < -0.39 is 0 Å². The number of pyridine rings is 1. The zero-order valence-electron chi connectivity index (χ0n) is 11.9. The molecule has 2 rings (SSSR count). The van der Waals surface area contributed by atoms with Crippen molar-refractivity contribution >= 4 is 11.6 Å². The molecule has 4 heteroatoms. The van der Waals surface area contributed by atoms with Gasteiger partial charge in [-0.3, -0.25) is 4.79 Å². The smallest absolute Gasteiger partial charge is 0.254 e. The molecule has 0 aliphatic carbocycles. The summed E-state index contributed by atoms with van der Waals surface area (Å²) < 4.78 is 1.94. The first-order valence-electron chi connectivity index (χ1n) is 6.90. The number of aromatic nitrogens is 2. The highest BCUT2D eigenvalue weighted by Gasteiger charge is 2.14. The zero-order chi connectivity index (χ0) is 13.8. The van der Waals surface area contributed by atoms with E-state index in [0.29, 0.717) is 0 Å². The second kappa shape index (κ2) is 5.87. The predicted molar refractivity (Wildman–Crippen MR) is 76.4 cm³/mol. The molecule has 0 aromatic carbocycles. The number of aryl methyl sites for hydroxylation is 1. The third kappa shape index (κ3) is 2.95. The van der Waals surface area contributed by atoms with Crippen LogP contribution in [0.15, 0.2) is 24.5 Å². The predicted octanol–water partition coefficient (Wildman–Crippen LogP) is 2.90. The number of amides is 1. The van der Waals surface area contributed by atoms with Gasteiger partial charge < -0.3 is 9.30 Å². The molecule has 0 unspecified atom stereocenters. The Hall–Kier alpha value is -1.84. The van der Waals surface area contributed by atoms with Gasteiger partial charge in [0, 0.05) is 31.0 Å². The summed E-state index contributed by atoms with van der Waals surface area (Å²) in [7, 11) is 0. The maximum atomic E-state index is 12.5. The number of nitrogens with zero attached hydrogens (tertiary/aromatic N) is 3. The van der Waals surface area contributed by atoms with Gasteiger partial charge in [-0.15, -0.1) is 0 Å². The Morgan fingerprint density at radius 2 is 2.00 bits per heavy atom. The monoisotopic (exact) mass is 259 g/mol. The lowest BCUT2D eigenvalue weighted by atomic mass is 10.2. The van der Waals surface area contributed by atoms with Gasteiger partial charge in [-0.1, -0.05) is 13.8 Å². The molecule has 102 valence electrons. The maximum absolute atomic E-state index is 12.5. The van der Waals surface area contributed by atoms with Crippen LogP contribution < -0.4 is 0 Å². The van der Waals surface area contributed by atoms with Crippen molar-refractivity contribution in [2.45, 2.75) is 33.6 Å². The van der Waals surface area contributed by atoms with Crippen molar-refractivity contribution in [2.75, 3.05) is 13.1 Å². The third-order valence-electron chi connectivity index (χ3n) is 3.10. The summed E-state index contributed by atoms with van der Waals surface area (Å²) in [6.07, 6.45) is 5.82. The molecule has 2 aromatic rings. The van der Waals surface area contributed by atoms with E-state index in [1.807, 2.05) is 40.8 Å². The fourth-order valence-electron chi connectivity index (χ4n) is 2.28. The number of carbonyl (C=O) groups excluding carboxylic acids is 1. The molecule has 2 heterocycles. The molecule has 0 atom stereocenters. The molecule has 0 spiro atoms. The van der Waals surface area contributed by atoms with Crippen molar-refractivity contribution in [1.82, 2.24) is 14.3 Å². The van der Waals surface area contributed by atoms with Crippen molar-refractivity contribution in [2.24, 2.45) is 0 Å². The standard InChI is InChI=1S/C15H21N3O/c1-4-7-17(8-5-2)15(19)13-6-9-18-11-12(3)16-14(18)10-13/h6,9-11H,4-5,7-8H2,1-3H3.